The highest BCUT2D eigenvalue weighted by atomic mass is 15.1. The van der Waals surface area contributed by atoms with E-state index in [1.807, 2.05) is 18.7 Å². The Morgan fingerprint density at radius 1 is 1.14 bits per heavy atom. The Bertz CT molecular complexity index is 544. The quantitative estimate of drug-likeness (QED) is 0.907. The predicted octanol–water partition coefficient (Wildman–Crippen LogP) is 3.70. The summed E-state index contributed by atoms with van der Waals surface area (Å²) in [5.41, 5.74) is 4.21. The average Bonchev–Trinajstić information content (AvgIpc) is 2.84. The van der Waals surface area contributed by atoms with Gasteiger partial charge in [0.2, 0.25) is 0 Å². The zero-order chi connectivity index (χ0) is 15.5. The third-order valence-corrected chi connectivity index (χ3v) is 3.83. The summed E-state index contributed by atoms with van der Waals surface area (Å²) < 4.78 is 2.14. The summed E-state index contributed by atoms with van der Waals surface area (Å²) in [5, 5.41) is 3.72. The van der Waals surface area contributed by atoms with Gasteiger partial charge in [-0.25, -0.2) is 4.98 Å². The first-order chi connectivity index (χ1) is 9.84. The molecule has 0 bridgehead atoms. The van der Waals surface area contributed by atoms with Gasteiger partial charge in [-0.1, -0.05) is 50.1 Å². The number of nitrogens with zero attached hydrogens (tertiary/aromatic N) is 2. The Labute approximate surface area is 128 Å². The van der Waals surface area contributed by atoms with Crippen LogP contribution in [0.5, 0.6) is 0 Å². The molecule has 1 aromatic carbocycles. The van der Waals surface area contributed by atoms with Gasteiger partial charge in [0.05, 0.1) is 6.33 Å². The van der Waals surface area contributed by atoms with E-state index in [-0.39, 0.29) is 5.41 Å². The monoisotopic (exact) mass is 285 g/mol. The van der Waals surface area contributed by atoms with Crippen molar-refractivity contribution in [1.29, 1.82) is 0 Å². The van der Waals surface area contributed by atoms with Crippen LogP contribution in [-0.4, -0.2) is 15.6 Å². The zero-order valence-electron chi connectivity index (χ0n) is 13.9. The Hall–Kier alpha value is -1.61. The summed E-state index contributed by atoms with van der Waals surface area (Å²) in [5.74, 6) is 0. The van der Waals surface area contributed by atoms with Crippen LogP contribution in [0.1, 0.15) is 37.5 Å². The smallest absolute Gasteiger partial charge is 0.0946 e. The van der Waals surface area contributed by atoms with Gasteiger partial charge < -0.3 is 9.88 Å². The topological polar surface area (TPSA) is 29.9 Å². The third-order valence-electron chi connectivity index (χ3n) is 3.83. The van der Waals surface area contributed by atoms with Crippen LogP contribution < -0.4 is 5.32 Å². The van der Waals surface area contributed by atoms with Crippen molar-refractivity contribution in [2.75, 3.05) is 0 Å². The van der Waals surface area contributed by atoms with Crippen molar-refractivity contribution < 1.29 is 0 Å². The Kier molecular flexibility index (Phi) is 4.84. The first kappa shape index (κ1) is 15.8. The summed E-state index contributed by atoms with van der Waals surface area (Å²) >= 11 is 0. The van der Waals surface area contributed by atoms with E-state index >= 15 is 0 Å². The van der Waals surface area contributed by atoms with Crippen LogP contribution in [0.15, 0.2) is 36.9 Å². The lowest BCUT2D eigenvalue weighted by molar-refractivity contribution is 0.240. The average molecular weight is 285 g/mol. The number of nitrogens with one attached hydrogen (secondary N) is 1. The number of imidazole rings is 1. The number of benzene rings is 1. The molecule has 1 aromatic heterocycles. The molecule has 0 aliphatic rings. The highest BCUT2D eigenvalue weighted by Gasteiger charge is 2.24. The van der Waals surface area contributed by atoms with Crippen molar-refractivity contribution in [2.24, 2.45) is 5.41 Å². The summed E-state index contributed by atoms with van der Waals surface area (Å²) in [4.78, 5) is 4.13. The Balaban J connectivity index is 2.05. The molecule has 1 atom stereocenters. The molecule has 3 heteroatoms. The number of hydrogen-bond acceptors (Lipinski definition) is 2. The number of rotatable bonds is 5. The fraction of sp³-hybridized carbons (Fsp3) is 0.500. The second kappa shape index (κ2) is 6.44. The van der Waals surface area contributed by atoms with Crippen molar-refractivity contribution >= 4 is 0 Å². The van der Waals surface area contributed by atoms with Crippen LogP contribution in [0.25, 0.3) is 0 Å². The molecule has 1 heterocycles. The van der Waals surface area contributed by atoms with Crippen molar-refractivity contribution in [3.05, 3.63) is 53.6 Å². The molecule has 114 valence electrons. The molecule has 1 unspecified atom stereocenters. The van der Waals surface area contributed by atoms with Crippen LogP contribution in [0, 0.1) is 19.3 Å². The highest BCUT2D eigenvalue weighted by molar-refractivity contribution is 5.28. The molecular weight excluding hydrogens is 258 g/mol. The fourth-order valence-electron chi connectivity index (χ4n) is 2.66. The third kappa shape index (κ3) is 4.71. The summed E-state index contributed by atoms with van der Waals surface area (Å²) in [6, 6.07) is 7.14. The van der Waals surface area contributed by atoms with Gasteiger partial charge in [-0.05, 0) is 24.8 Å². The van der Waals surface area contributed by atoms with Crippen LogP contribution in [0.4, 0.5) is 0 Å². The molecule has 0 amide bonds. The first-order valence-electron chi connectivity index (χ1n) is 7.61. The van der Waals surface area contributed by atoms with Gasteiger partial charge in [0, 0.05) is 31.5 Å². The lowest BCUT2D eigenvalue weighted by atomic mass is 9.86. The lowest BCUT2D eigenvalue weighted by Gasteiger charge is -2.32. The molecule has 21 heavy (non-hydrogen) atoms. The minimum atomic E-state index is 0.198. The van der Waals surface area contributed by atoms with Crippen LogP contribution in [0.3, 0.4) is 0 Å². The van der Waals surface area contributed by atoms with Crippen LogP contribution in [0.2, 0.25) is 0 Å². The van der Waals surface area contributed by atoms with Gasteiger partial charge in [0.15, 0.2) is 0 Å². The Morgan fingerprint density at radius 2 is 1.81 bits per heavy atom. The van der Waals surface area contributed by atoms with E-state index in [9.17, 15) is 0 Å². The minimum absolute atomic E-state index is 0.198. The molecule has 0 aliphatic carbocycles. The van der Waals surface area contributed by atoms with E-state index in [2.05, 4.69) is 67.7 Å². The van der Waals surface area contributed by atoms with E-state index in [0.29, 0.717) is 6.04 Å². The molecule has 0 aliphatic heterocycles. The van der Waals surface area contributed by atoms with Crippen LogP contribution >= 0.6 is 0 Å². The molecule has 0 saturated carbocycles. The minimum Gasteiger partial charge on any atom is -0.336 e. The molecule has 1 N–H and O–H groups in total. The highest BCUT2D eigenvalue weighted by Crippen LogP contribution is 2.21. The molecule has 3 nitrogen and oxygen atoms in total. The van der Waals surface area contributed by atoms with E-state index in [1.165, 1.54) is 16.7 Å². The molecule has 0 spiro atoms. The molecule has 0 radical (unpaired) electrons. The van der Waals surface area contributed by atoms with Crippen molar-refractivity contribution in [3.63, 3.8) is 0 Å². The number of aromatic nitrogens is 2. The normalized spacial score (nSPS) is 13.4. The van der Waals surface area contributed by atoms with Gasteiger partial charge in [-0.3, -0.25) is 0 Å². The predicted molar refractivity (Wildman–Crippen MR) is 88.2 cm³/mol. The van der Waals surface area contributed by atoms with Crippen LogP contribution in [-0.2, 0) is 13.1 Å². The zero-order valence-corrected chi connectivity index (χ0v) is 13.9. The maximum absolute atomic E-state index is 4.13. The molecule has 2 rings (SSSR count). The van der Waals surface area contributed by atoms with E-state index < -0.39 is 0 Å². The first-order valence-corrected chi connectivity index (χ1v) is 7.61. The summed E-state index contributed by atoms with van der Waals surface area (Å²) in [6.07, 6.45) is 5.75. The SMILES string of the molecule is Cc1cc(C)cc(CNC(Cn2ccnc2)C(C)(C)C)c1. The second-order valence-corrected chi connectivity index (χ2v) is 7.05. The van der Waals surface area contributed by atoms with Gasteiger partial charge in [-0.15, -0.1) is 0 Å². The van der Waals surface area contributed by atoms with E-state index in [0.717, 1.165) is 13.1 Å². The van der Waals surface area contributed by atoms with Gasteiger partial charge in [0.1, 0.15) is 0 Å². The van der Waals surface area contributed by atoms with Gasteiger partial charge in [-0.2, -0.15) is 0 Å². The molecule has 0 fully saturated rings. The number of aryl methyl sites for hydroxylation is 2. The van der Waals surface area contributed by atoms with E-state index in [1.54, 1.807) is 0 Å². The fourth-order valence-corrected chi connectivity index (χ4v) is 2.66. The van der Waals surface area contributed by atoms with E-state index in [4.69, 9.17) is 0 Å². The molecule has 2 aromatic rings. The lowest BCUT2D eigenvalue weighted by Crippen LogP contribution is -2.43. The van der Waals surface area contributed by atoms with Gasteiger partial charge >= 0.3 is 0 Å². The Morgan fingerprint density at radius 3 is 2.33 bits per heavy atom. The maximum Gasteiger partial charge on any atom is 0.0946 e. The van der Waals surface area contributed by atoms with Crippen molar-refractivity contribution in [2.45, 2.75) is 53.8 Å². The largest absolute Gasteiger partial charge is 0.336 e. The standard InChI is InChI=1S/C18H27N3/c1-14-8-15(2)10-16(9-14)11-20-17(18(3,4)5)12-21-7-6-19-13-21/h6-10,13,17,20H,11-12H2,1-5H3. The van der Waals surface area contributed by atoms with Crippen molar-refractivity contribution in [3.8, 4) is 0 Å². The maximum atomic E-state index is 4.13. The summed E-state index contributed by atoms with van der Waals surface area (Å²) in [6.45, 7) is 13.0. The van der Waals surface area contributed by atoms with Gasteiger partial charge in [0.25, 0.3) is 0 Å². The van der Waals surface area contributed by atoms with Crippen molar-refractivity contribution in [1.82, 2.24) is 14.9 Å². The molecule has 0 saturated heterocycles. The molecular formula is C18H27N3. The summed E-state index contributed by atoms with van der Waals surface area (Å²) in [7, 11) is 0. The number of hydrogen-bond donors (Lipinski definition) is 1. The second-order valence-electron chi connectivity index (χ2n) is 7.05.